The maximum absolute atomic E-state index is 11.8. The molecule has 0 bridgehead atoms. The number of guanidine groups is 1. The summed E-state index contributed by atoms with van der Waals surface area (Å²) in [4.78, 5) is 16.0. The summed E-state index contributed by atoms with van der Waals surface area (Å²) in [5.74, 6) is 0.767. The topological polar surface area (TPSA) is 58.4 Å². The average Bonchev–Trinajstić information content (AvgIpc) is 2.61. The fraction of sp³-hybridized carbons (Fsp3) is 0.368. The van der Waals surface area contributed by atoms with Crippen LogP contribution in [0.25, 0.3) is 0 Å². The van der Waals surface area contributed by atoms with Crippen LogP contribution in [0, 0.1) is 6.92 Å². The Morgan fingerprint density at radius 2 is 1.88 bits per heavy atom. The predicted molar refractivity (Wildman–Crippen MR) is 104 cm³/mol. The Labute approximate surface area is 153 Å². The Hall–Kier alpha value is -2.27. The lowest BCUT2D eigenvalue weighted by Crippen LogP contribution is -2.37. The first-order chi connectivity index (χ1) is 12.1. The van der Waals surface area contributed by atoms with E-state index in [1.165, 1.54) is 0 Å². The summed E-state index contributed by atoms with van der Waals surface area (Å²) >= 11 is 5.89. The molecule has 2 rings (SSSR count). The van der Waals surface area contributed by atoms with Crippen molar-refractivity contribution in [3.8, 4) is 0 Å². The second kappa shape index (κ2) is 9.89. The first-order valence-corrected chi connectivity index (χ1v) is 8.83. The van der Waals surface area contributed by atoms with E-state index in [0.29, 0.717) is 6.54 Å². The number of rotatable bonds is 7. The number of pyridine rings is 1. The summed E-state index contributed by atoms with van der Waals surface area (Å²) in [5.41, 5.74) is 2.21. The van der Waals surface area contributed by atoms with Gasteiger partial charge in [-0.1, -0.05) is 29.8 Å². The molecule has 0 aliphatic rings. The number of unbranched alkanes of at least 4 members (excludes halogenated alkanes) is 1. The van der Waals surface area contributed by atoms with Crippen LogP contribution in [0.1, 0.15) is 24.1 Å². The van der Waals surface area contributed by atoms with Crippen LogP contribution in [0.2, 0.25) is 5.02 Å². The number of benzene rings is 1. The average molecular weight is 361 g/mol. The highest BCUT2D eigenvalue weighted by Gasteiger charge is 2.01. The van der Waals surface area contributed by atoms with Crippen LogP contribution >= 0.6 is 11.6 Å². The molecule has 134 valence electrons. The van der Waals surface area contributed by atoms with Gasteiger partial charge in [0.15, 0.2) is 5.96 Å². The maximum Gasteiger partial charge on any atom is 0.250 e. The predicted octanol–water partition coefficient (Wildman–Crippen LogP) is 2.96. The molecule has 0 fully saturated rings. The van der Waals surface area contributed by atoms with Gasteiger partial charge in [0, 0.05) is 43.5 Å². The van der Waals surface area contributed by atoms with Crippen molar-refractivity contribution in [2.75, 3.05) is 13.6 Å². The Morgan fingerprint density at radius 3 is 2.56 bits per heavy atom. The van der Waals surface area contributed by atoms with Gasteiger partial charge in [-0.15, -0.1) is 0 Å². The number of hydrogen-bond acceptors (Lipinski definition) is 2. The largest absolute Gasteiger partial charge is 0.356 e. The van der Waals surface area contributed by atoms with Crippen LogP contribution in [0.5, 0.6) is 0 Å². The van der Waals surface area contributed by atoms with Gasteiger partial charge in [-0.05, 0) is 43.5 Å². The summed E-state index contributed by atoms with van der Waals surface area (Å²) in [5, 5.41) is 7.30. The number of nitrogens with one attached hydrogen (secondary N) is 2. The zero-order valence-corrected chi connectivity index (χ0v) is 15.5. The Morgan fingerprint density at radius 1 is 1.12 bits per heavy atom. The second-order valence-electron chi connectivity index (χ2n) is 5.84. The van der Waals surface area contributed by atoms with Gasteiger partial charge in [0.05, 0.1) is 0 Å². The van der Waals surface area contributed by atoms with E-state index in [1.54, 1.807) is 19.2 Å². The van der Waals surface area contributed by atoms with Gasteiger partial charge >= 0.3 is 0 Å². The molecule has 0 saturated carbocycles. The number of hydrogen-bond donors (Lipinski definition) is 2. The van der Waals surface area contributed by atoms with Crippen LogP contribution < -0.4 is 16.2 Å². The zero-order chi connectivity index (χ0) is 18.1. The van der Waals surface area contributed by atoms with Crippen molar-refractivity contribution in [3.63, 3.8) is 0 Å². The Kier molecular flexibility index (Phi) is 7.54. The van der Waals surface area contributed by atoms with Gasteiger partial charge in [-0.3, -0.25) is 9.79 Å². The molecule has 0 saturated heterocycles. The zero-order valence-electron chi connectivity index (χ0n) is 14.8. The fourth-order valence-corrected chi connectivity index (χ4v) is 2.65. The van der Waals surface area contributed by atoms with E-state index in [0.717, 1.165) is 48.2 Å². The standard InChI is InChI=1S/C19H25ClN4O/c1-15-6-5-7-18(25)24(15)13-4-3-12-22-19(21-2)23-14-16-8-10-17(20)11-9-16/h5-11H,3-4,12-14H2,1-2H3,(H2,21,22,23). The molecule has 1 aromatic carbocycles. The molecule has 2 aromatic rings. The summed E-state index contributed by atoms with van der Waals surface area (Å²) in [6.45, 7) is 4.20. The molecule has 0 unspecified atom stereocenters. The SMILES string of the molecule is CN=C(NCCCCn1c(C)cccc1=O)NCc1ccc(Cl)cc1. The smallest absolute Gasteiger partial charge is 0.250 e. The van der Waals surface area contributed by atoms with E-state index in [2.05, 4.69) is 15.6 Å². The lowest BCUT2D eigenvalue weighted by atomic mass is 10.2. The van der Waals surface area contributed by atoms with Gasteiger partial charge in [0.2, 0.25) is 0 Å². The first-order valence-electron chi connectivity index (χ1n) is 8.45. The van der Waals surface area contributed by atoms with Crippen LogP contribution in [0.3, 0.4) is 0 Å². The van der Waals surface area contributed by atoms with Crippen molar-refractivity contribution in [2.45, 2.75) is 32.9 Å². The number of aliphatic imine (C=N–C) groups is 1. The Bertz CT molecular complexity index is 753. The monoisotopic (exact) mass is 360 g/mol. The quantitative estimate of drug-likeness (QED) is 0.453. The van der Waals surface area contributed by atoms with Crippen LogP contribution in [-0.4, -0.2) is 24.1 Å². The van der Waals surface area contributed by atoms with E-state index >= 15 is 0 Å². The molecule has 0 amide bonds. The molecule has 0 aliphatic carbocycles. The molecule has 25 heavy (non-hydrogen) atoms. The fourth-order valence-electron chi connectivity index (χ4n) is 2.52. The molecule has 1 heterocycles. The number of aryl methyl sites for hydroxylation is 1. The third-order valence-electron chi connectivity index (χ3n) is 3.97. The van der Waals surface area contributed by atoms with Crippen molar-refractivity contribution in [2.24, 2.45) is 4.99 Å². The third kappa shape index (κ3) is 6.27. The minimum Gasteiger partial charge on any atom is -0.356 e. The molecule has 1 aromatic heterocycles. The van der Waals surface area contributed by atoms with E-state index in [1.807, 2.05) is 41.8 Å². The molecular weight excluding hydrogens is 336 g/mol. The molecule has 2 N–H and O–H groups in total. The maximum atomic E-state index is 11.8. The molecule has 0 radical (unpaired) electrons. The minimum atomic E-state index is 0.0633. The molecule has 0 aliphatic heterocycles. The summed E-state index contributed by atoms with van der Waals surface area (Å²) in [6, 6.07) is 13.1. The lowest BCUT2D eigenvalue weighted by molar-refractivity contribution is 0.575. The van der Waals surface area contributed by atoms with Gasteiger partial charge in [-0.2, -0.15) is 0 Å². The van der Waals surface area contributed by atoms with E-state index in [9.17, 15) is 4.79 Å². The Balaban J connectivity index is 1.69. The van der Waals surface area contributed by atoms with E-state index in [4.69, 9.17) is 11.6 Å². The number of nitrogens with zero attached hydrogens (tertiary/aromatic N) is 2. The molecule has 5 nitrogen and oxygen atoms in total. The second-order valence-corrected chi connectivity index (χ2v) is 6.28. The van der Waals surface area contributed by atoms with Crippen LogP contribution in [-0.2, 0) is 13.1 Å². The van der Waals surface area contributed by atoms with Gasteiger partial charge in [-0.25, -0.2) is 0 Å². The molecule has 0 spiro atoms. The highest BCUT2D eigenvalue weighted by Crippen LogP contribution is 2.09. The highest BCUT2D eigenvalue weighted by molar-refractivity contribution is 6.30. The summed E-state index contributed by atoms with van der Waals surface area (Å²) in [7, 11) is 1.75. The van der Waals surface area contributed by atoms with Gasteiger partial charge in [0.25, 0.3) is 5.56 Å². The molecular formula is C19H25ClN4O. The summed E-state index contributed by atoms with van der Waals surface area (Å²) in [6.07, 6.45) is 1.90. The molecule has 0 atom stereocenters. The third-order valence-corrected chi connectivity index (χ3v) is 4.22. The molecule has 6 heteroatoms. The van der Waals surface area contributed by atoms with E-state index in [-0.39, 0.29) is 5.56 Å². The van der Waals surface area contributed by atoms with Crippen LogP contribution in [0.15, 0.2) is 52.3 Å². The van der Waals surface area contributed by atoms with Crippen molar-refractivity contribution in [1.29, 1.82) is 0 Å². The van der Waals surface area contributed by atoms with E-state index < -0.39 is 0 Å². The van der Waals surface area contributed by atoms with Crippen LogP contribution in [0.4, 0.5) is 0 Å². The van der Waals surface area contributed by atoms with Crippen molar-refractivity contribution < 1.29 is 0 Å². The van der Waals surface area contributed by atoms with Gasteiger partial charge < -0.3 is 15.2 Å². The van der Waals surface area contributed by atoms with Crippen molar-refractivity contribution >= 4 is 17.6 Å². The first kappa shape index (κ1) is 19.1. The highest BCUT2D eigenvalue weighted by atomic mass is 35.5. The summed E-state index contributed by atoms with van der Waals surface area (Å²) < 4.78 is 1.81. The number of aromatic nitrogens is 1. The normalized spacial score (nSPS) is 11.4. The van der Waals surface area contributed by atoms with Crippen molar-refractivity contribution in [1.82, 2.24) is 15.2 Å². The van der Waals surface area contributed by atoms with Gasteiger partial charge in [0.1, 0.15) is 0 Å². The minimum absolute atomic E-state index is 0.0633. The number of halogens is 1. The van der Waals surface area contributed by atoms with Crippen molar-refractivity contribution in [3.05, 3.63) is 69.1 Å². The lowest BCUT2D eigenvalue weighted by Gasteiger charge is -2.13.